The van der Waals surface area contributed by atoms with Gasteiger partial charge in [0.2, 0.25) is 0 Å². The van der Waals surface area contributed by atoms with Gasteiger partial charge in [-0.1, -0.05) is 30.3 Å². The number of aliphatic carboxylic acids is 1. The lowest BCUT2D eigenvalue weighted by Crippen LogP contribution is -2.33. The van der Waals surface area contributed by atoms with E-state index in [9.17, 15) is 19.5 Å². The standard InChI is InChI=1S/C20H19N3O5/c1-23-20(27)15-6-4-3-5-14(15)18(22-23)19(26)21-16(11-17(24)25)12-7-9-13(28-2)10-8-12/h3-10,16H,11H2,1-2H3,(H,21,26)(H,24,25)/t16-/m1/s1. The Balaban J connectivity index is 1.98. The molecular formula is C20H19N3O5. The van der Waals surface area contributed by atoms with Crippen LogP contribution in [0.4, 0.5) is 0 Å². The highest BCUT2D eigenvalue weighted by atomic mass is 16.5. The van der Waals surface area contributed by atoms with Crippen LogP contribution in [-0.4, -0.2) is 33.9 Å². The van der Waals surface area contributed by atoms with Crippen LogP contribution in [0.25, 0.3) is 10.8 Å². The van der Waals surface area contributed by atoms with Gasteiger partial charge in [0.1, 0.15) is 5.75 Å². The van der Waals surface area contributed by atoms with E-state index in [1.807, 2.05) is 0 Å². The van der Waals surface area contributed by atoms with Crippen molar-refractivity contribution in [3.63, 3.8) is 0 Å². The third kappa shape index (κ3) is 3.85. The molecule has 2 N–H and O–H groups in total. The second-order valence-electron chi connectivity index (χ2n) is 6.22. The van der Waals surface area contributed by atoms with Crippen molar-refractivity contribution in [2.75, 3.05) is 7.11 Å². The van der Waals surface area contributed by atoms with E-state index in [0.29, 0.717) is 22.1 Å². The van der Waals surface area contributed by atoms with Crippen molar-refractivity contribution >= 4 is 22.6 Å². The van der Waals surface area contributed by atoms with Gasteiger partial charge in [-0.25, -0.2) is 4.68 Å². The zero-order chi connectivity index (χ0) is 20.3. The van der Waals surface area contributed by atoms with Crippen molar-refractivity contribution in [2.24, 2.45) is 7.05 Å². The first kappa shape index (κ1) is 19.1. The summed E-state index contributed by atoms with van der Waals surface area (Å²) in [4.78, 5) is 36.4. The molecule has 1 heterocycles. The molecule has 28 heavy (non-hydrogen) atoms. The quantitative estimate of drug-likeness (QED) is 0.675. The normalized spacial score (nSPS) is 11.8. The number of rotatable bonds is 6. The summed E-state index contributed by atoms with van der Waals surface area (Å²) in [6.07, 6.45) is -0.304. The number of aromatic nitrogens is 2. The van der Waals surface area contributed by atoms with E-state index >= 15 is 0 Å². The van der Waals surface area contributed by atoms with Crippen LogP contribution in [0.1, 0.15) is 28.5 Å². The van der Waals surface area contributed by atoms with Gasteiger partial charge in [0.25, 0.3) is 11.5 Å². The Hall–Kier alpha value is -3.68. The number of amides is 1. The first-order valence-electron chi connectivity index (χ1n) is 8.53. The van der Waals surface area contributed by atoms with E-state index in [1.54, 1.807) is 48.5 Å². The van der Waals surface area contributed by atoms with Crippen LogP contribution < -0.4 is 15.6 Å². The van der Waals surface area contributed by atoms with E-state index in [2.05, 4.69) is 10.4 Å². The molecule has 0 saturated carbocycles. The number of carboxylic acid groups (broad SMARTS) is 1. The molecule has 0 bridgehead atoms. The zero-order valence-corrected chi connectivity index (χ0v) is 15.4. The van der Waals surface area contributed by atoms with E-state index in [4.69, 9.17) is 4.74 Å². The fraction of sp³-hybridized carbons (Fsp3) is 0.200. The number of nitrogens with one attached hydrogen (secondary N) is 1. The SMILES string of the molecule is COc1ccc([C@@H](CC(=O)O)NC(=O)c2nn(C)c(=O)c3ccccc23)cc1. The minimum atomic E-state index is -1.06. The lowest BCUT2D eigenvalue weighted by Gasteiger charge is -2.18. The lowest BCUT2D eigenvalue weighted by molar-refractivity contribution is -0.137. The van der Waals surface area contributed by atoms with Crippen LogP contribution in [0.5, 0.6) is 5.75 Å². The van der Waals surface area contributed by atoms with Gasteiger partial charge in [0, 0.05) is 12.4 Å². The number of aryl methyl sites for hydroxylation is 1. The molecule has 0 aliphatic carbocycles. The molecule has 0 fully saturated rings. The van der Waals surface area contributed by atoms with Crippen LogP contribution in [0.2, 0.25) is 0 Å². The molecule has 1 amide bonds. The monoisotopic (exact) mass is 381 g/mol. The largest absolute Gasteiger partial charge is 0.497 e. The first-order chi connectivity index (χ1) is 13.4. The van der Waals surface area contributed by atoms with Gasteiger partial charge in [-0.05, 0) is 23.8 Å². The molecule has 144 valence electrons. The van der Waals surface area contributed by atoms with E-state index in [-0.39, 0.29) is 17.7 Å². The number of hydrogen-bond acceptors (Lipinski definition) is 5. The molecular weight excluding hydrogens is 362 g/mol. The molecule has 0 radical (unpaired) electrons. The summed E-state index contributed by atoms with van der Waals surface area (Å²) < 4.78 is 6.20. The third-order valence-electron chi connectivity index (χ3n) is 4.37. The Labute approximate surface area is 160 Å². The van der Waals surface area contributed by atoms with Gasteiger partial charge in [-0.2, -0.15) is 5.10 Å². The number of hydrogen-bond donors (Lipinski definition) is 2. The van der Waals surface area contributed by atoms with Crippen LogP contribution in [0.3, 0.4) is 0 Å². The number of fused-ring (bicyclic) bond motifs is 1. The van der Waals surface area contributed by atoms with Gasteiger partial charge in [-0.15, -0.1) is 0 Å². The highest BCUT2D eigenvalue weighted by Gasteiger charge is 2.22. The van der Waals surface area contributed by atoms with Crippen molar-refractivity contribution in [1.29, 1.82) is 0 Å². The maximum absolute atomic E-state index is 12.9. The Bertz CT molecular complexity index is 1090. The van der Waals surface area contributed by atoms with Crippen molar-refractivity contribution in [3.8, 4) is 5.75 Å². The van der Waals surface area contributed by atoms with E-state index < -0.39 is 17.9 Å². The molecule has 0 saturated heterocycles. The maximum Gasteiger partial charge on any atom is 0.305 e. The third-order valence-corrected chi connectivity index (χ3v) is 4.37. The highest BCUT2D eigenvalue weighted by Crippen LogP contribution is 2.22. The number of nitrogens with zero attached hydrogens (tertiary/aromatic N) is 2. The van der Waals surface area contributed by atoms with Crippen LogP contribution in [-0.2, 0) is 11.8 Å². The molecule has 3 aromatic rings. The fourth-order valence-electron chi connectivity index (χ4n) is 2.96. The second-order valence-corrected chi connectivity index (χ2v) is 6.22. The number of ether oxygens (including phenoxy) is 1. The van der Waals surface area contributed by atoms with Gasteiger partial charge in [-0.3, -0.25) is 14.4 Å². The molecule has 3 rings (SSSR count). The molecule has 0 aliphatic heterocycles. The predicted octanol–water partition coefficient (Wildman–Crippen LogP) is 1.89. The van der Waals surface area contributed by atoms with Gasteiger partial charge in [0.05, 0.1) is 25.0 Å². The zero-order valence-electron chi connectivity index (χ0n) is 15.4. The Morgan fingerprint density at radius 2 is 1.79 bits per heavy atom. The van der Waals surface area contributed by atoms with Crippen LogP contribution in [0.15, 0.2) is 53.3 Å². The Morgan fingerprint density at radius 1 is 1.14 bits per heavy atom. The average molecular weight is 381 g/mol. The number of carbonyl (C=O) groups excluding carboxylic acids is 1. The van der Waals surface area contributed by atoms with Crippen LogP contribution >= 0.6 is 0 Å². The Morgan fingerprint density at radius 3 is 2.39 bits per heavy atom. The predicted molar refractivity (Wildman–Crippen MR) is 102 cm³/mol. The molecule has 1 atom stereocenters. The number of carbonyl (C=O) groups is 2. The van der Waals surface area contributed by atoms with Gasteiger partial charge >= 0.3 is 5.97 Å². The van der Waals surface area contributed by atoms with Crippen molar-refractivity contribution in [1.82, 2.24) is 15.1 Å². The lowest BCUT2D eigenvalue weighted by atomic mass is 10.0. The summed E-state index contributed by atoms with van der Waals surface area (Å²) in [6, 6.07) is 12.7. The Kier molecular flexibility index (Phi) is 5.39. The minimum Gasteiger partial charge on any atom is -0.497 e. The molecule has 1 aromatic heterocycles. The summed E-state index contributed by atoms with van der Waals surface area (Å²) in [5, 5.41) is 16.8. The van der Waals surface area contributed by atoms with Gasteiger partial charge in [0.15, 0.2) is 5.69 Å². The van der Waals surface area contributed by atoms with E-state index in [1.165, 1.54) is 14.2 Å². The summed E-state index contributed by atoms with van der Waals surface area (Å²) in [6.45, 7) is 0. The summed E-state index contributed by atoms with van der Waals surface area (Å²) in [7, 11) is 2.99. The van der Waals surface area contributed by atoms with Gasteiger partial charge < -0.3 is 15.2 Å². The topological polar surface area (TPSA) is 111 Å². The number of carboxylic acids is 1. The minimum absolute atomic E-state index is 0.0570. The van der Waals surface area contributed by atoms with Crippen molar-refractivity contribution in [3.05, 3.63) is 70.1 Å². The second kappa shape index (κ2) is 7.91. The molecule has 0 unspecified atom stereocenters. The van der Waals surface area contributed by atoms with Crippen molar-refractivity contribution < 1.29 is 19.4 Å². The van der Waals surface area contributed by atoms with Crippen molar-refractivity contribution in [2.45, 2.75) is 12.5 Å². The summed E-state index contributed by atoms with van der Waals surface area (Å²) in [5.74, 6) is -0.997. The summed E-state index contributed by atoms with van der Waals surface area (Å²) >= 11 is 0. The summed E-state index contributed by atoms with van der Waals surface area (Å²) in [5.41, 5.74) is 0.358. The fourth-order valence-corrected chi connectivity index (χ4v) is 2.96. The van der Waals surface area contributed by atoms with E-state index in [0.717, 1.165) is 4.68 Å². The molecule has 0 spiro atoms. The number of methoxy groups -OCH3 is 1. The molecule has 8 nitrogen and oxygen atoms in total. The molecule has 0 aliphatic rings. The molecule has 8 heteroatoms. The highest BCUT2D eigenvalue weighted by molar-refractivity contribution is 6.05. The number of benzene rings is 2. The average Bonchev–Trinajstić information content (AvgIpc) is 2.70. The van der Waals surface area contributed by atoms with Crippen LogP contribution in [0, 0.1) is 0 Å². The molecule has 2 aromatic carbocycles. The first-order valence-corrected chi connectivity index (χ1v) is 8.53. The maximum atomic E-state index is 12.9. The smallest absolute Gasteiger partial charge is 0.305 e.